The van der Waals surface area contributed by atoms with Crippen molar-refractivity contribution in [3.8, 4) is 0 Å². The highest BCUT2D eigenvalue weighted by atomic mass is 16.2. The molecule has 0 radical (unpaired) electrons. The first-order valence-electron chi connectivity index (χ1n) is 12.0. The van der Waals surface area contributed by atoms with Crippen molar-refractivity contribution in [3.63, 3.8) is 0 Å². The molecule has 4 heteroatoms. The van der Waals surface area contributed by atoms with Gasteiger partial charge in [-0.1, -0.05) is 27.2 Å². The Bertz CT molecular complexity index is 583. The zero-order chi connectivity index (χ0) is 19.9. The average Bonchev–Trinajstić information content (AvgIpc) is 3.46. The molecule has 1 aliphatic heterocycles. The van der Waals surface area contributed by atoms with Gasteiger partial charge in [0.2, 0.25) is 11.8 Å². The van der Waals surface area contributed by atoms with Crippen molar-refractivity contribution in [2.45, 2.75) is 78.6 Å². The second-order valence-corrected chi connectivity index (χ2v) is 10.8. The Kier molecular flexibility index (Phi) is 5.77. The number of carbonyl (C=O) groups excluding carboxylic acids is 2. The molecule has 3 aliphatic carbocycles. The van der Waals surface area contributed by atoms with Crippen LogP contribution in [-0.4, -0.2) is 47.8 Å². The van der Waals surface area contributed by atoms with Crippen molar-refractivity contribution in [2.75, 3.05) is 26.2 Å². The van der Waals surface area contributed by atoms with Gasteiger partial charge in [0.1, 0.15) is 0 Å². The van der Waals surface area contributed by atoms with Crippen LogP contribution in [0.3, 0.4) is 0 Å². The summed E-state index contributed by atoms with van der Waals surface area (Å²) in [7, 11) is 0. The van der Waals surface area contributed by atoms with Crippen molar-refractivity contribution >= 4 is 11.8 Å². The van der Waals surface area contributed by atoms with E-state index >= 15 is 0 Å². The molecule has 2 amide bonds. The van der Waals surface area contributed by atoms with Gasteiger partial charge in [0.15, 0.2) is 0 Å². The maximum Gasteiger partial charge on any atom is 0.228 e. The maximum absolute atomic E-state index is 13.1. The molecule has 158 valence electrons. The van der Waals surface area contributed by atoms with Gasteiger partial charge in [0, 0.05) is 37.5 Å². The highest BCUT2D eigenvalue weighted by Crippen LogP contribution is 2.47. The van der Waals surface area contributed by atoms with Gasteiger partial charge < -0.3 is 9.80 Å². The van der Waals surface area contributed by atoms with Crippen LogP contribution in [0.25, 0.3) is 0 Å². The number of amides is 2. The molecular formula is C24H40N2O2. The number of hydrogen-bond acceptors (Lipinski definition) is 2. The number of piperazine rings is 1. The summed E-state index contributed by atoms with van der Waals surface area (Å²) in [6.07, 6.45) is 10.9. The van der Waals surface area contributed by atoms with Crippen LogP contribution in [0.5, 0.6) is 0 Å². The fourth-order valence-electron chi connectivity index (χ4n) is 6.35. The van der Waals surface area contributed by atoms with Gasteiger partial charge in [-0.2, -0.15) is 0 Å². The Labute approximate surface area is 171 Å². The standard InChI is InChI=1S/C24H40N2O2/c1-17-4-9-21(18(2)16-17)19-5-7-20(8-6-19)22(27)25-12-14-26(15-13-25)23(28)24(3)10-11-24/h17-21H,4-16H2,1-3H3. The smallest absolute Gasteiger partial charge is 0.228 e. The summed E-state index contributed by atoms with van der Waals surface area (Å²) in [5, 5.41) is 0. The van der Waals surface area contributed by atoms with Crippen LogP contribution in [0.4, 0.5) is 0 Å². The number of rotatable bonds is 3. The van der Waals surface area contributed by atoms with Crippen LogP contribution < -0.4 is 0 Å². The molecule has 4 fully saturated rings. The minimum Gasteiger partial charge on any atom is -0.339 e. The van der Waals surface area contributed by atoms with E-state index in [1.165, 1.54) is 32.1 Å². The van der Waals surface area contributed by atoms with E-state index in [-0.39, 0.29) is 11.3 Å². The van der Waals surface area contributed by atoms with Gasteiger partial charge in [0.05, 0.1) is 0 Å². The molecular weight excluding hydrogens is 348 g/mol. The Morgan fingerprint density at radius 1 is 0.821 bits per heavy atom. The van der Waals surface area contributed by atoms with Crippen molar-refractivity contribution < 1.29 is 9.59 Å². The maximum atomic E-state index is 13.1. The second kappa shape index (κ2) is 7.99. The molecule has 3 unspecified atom stereocenters. The minimum absolute atomic E-state index is 0.0847. The number of carbonyl (C=O) groups is 2. The summed E-state index contributed by atoms with van der Waals surface area (Å²) in [4.78, 5) is 29.6. The Morgan fingerprint density at radius 3 is 2.00 bits per heavy atom. The lowest BCUT2D eigenvalue weighted by atomic mass is 9.65. The third kappa shape index (κ3) is 4.11. The van der Waals surface area contributed by atoms with Crippen molar-refractivity contribution in [1.82, 2.24) is 9.80 Å². The van der Waals surface area contributed by atoms with E-state index in [9.17, 15) is 9.59 Å². The molecule has 28 heavy (non-hydrogen) atoms. The molecule has 0 aromatic heterocycles. The highest BCUT2D eigenvalue weighted by Gasteiger charge is 2.47. The SMILES string of the molecule is CC1CCC(C2CCC(C(=O)N3CCN(C(=O)C4(C)CC4)CC3)CC2)C(C)C1. The van der Waals surface area contributed by atoms with E-state index in [1.807, 2.05) is 4.90 Å². The van der Waals surface area contributed by atoms with Crippen LogP contribution in [0.2, 0.25) is 0 Å². The molecule has 0 bridgehead atoms. The minimum atomic E-state index is -0.0847. The van der Waals surface area contributed by atoms with E-state index in [1.54, 1.807) is 0 Å². The highest BCUT2D eigenvalue weighted by molar-refractivity contribution is 5.85. The van der Waals surface area contributed by atoms with Crippen LogP contribution in [0, 0.1) is 35.0 Å². The Hall–Kier alpha value is -1.06. The molecule has 4 nitrogen and oxygen atoms in total. The molecule has 1 saturated heterocycles. The Morgan fingerprint density at radius 2 is 1.43 bits per heavy atom. The first kappa shape index (κ1) is 20.2. The fourth-order valence-corrected chi connectivity index (χ4v) is 6.35. The van der Waals surface area contributed by atoms with E-state index in [2.05, 4.69) is 25.7 Å². The first-order valence-corrected chi connectivity index (χ1v) is 12.0. The van der Waals surface area contributed by atoms with Crippen molar-refractivity contribution in [1.29, 1.82) is 0 Å². The van der Waals surface area contributed by atoms with Crippen LogP contribution >= 0.6 is 0 Å². The molecule has 0 N–H and O–H groups in total. The third-order valence-electron chi connectivity index (χ3n) is 8.62. The number of nitrogens with zero attached hydrogens (tertiary/aromatic N) is 2. The molecule has 4 aliphatic rings. The van der Waals surface area contributed by atoms with E-state index in [0.717, 1.165) is 75.5 Å². The summed E-state index contributed by atoms with van der Waals surface area (Å²) in [6, 6.07) is 0. The topological polar surface area (TPSA) is 40.6 Å². The summed E-state index contributed by atoms with van der Waals surface area (Å²) in [6.45, 7) is 9.87. The lowest BCUT2D eigenvalue weighted by Crippen LogP contribution is -2.53. The summed E-state index contributed by atoms with van der Waals surface area (Å²) < 4.78 is 0. The predicted molar refractivity (Wildman–Crippen MR) is 112 cm³/mol. The van der Waals surface area contributed by atoms with Gasteiger partial charge in [-0.25, -0.2) is 0 Å². The summed E-state index contributed by atoms with van der Waals surface area (Å²) in [5.74, 6) is 4.42. The van der Waals surface area contributed by atoms with Crippen molar-refractivity contribution in [2.24, 2.45) is 35.0 Å². The molecule has 0 aromatic carbocycles. The molecule has 0 spiro atoms. The zero-order valence-corrected chi connectivity index (χ0v) is 18.3. The average molecular weight is 389 g/mol. The van der Waals surface area contributed by atoms with Gasteiger partial charge in [0.25, 0.3) is 0 Å². The summed E-state index contributed by atoms with van der Waals surface area (Å²) >= 11 is 0. The molecule has 0 aromatic rings. The van der Waals surface area contributed by atoms with Gasteiger partial charge in [-0.05, 0) is 75.0 Å². The lowest BCUT2D eigenvalue weighted by molar-refractivity contribution is -0.145. The normalized spacial score (nSPS) is 38.2. The monoisotopic (exact) mass is 388 g/mol. The Balaban J connectivity index is 1.23. The molecule has 1 heterocycles. The quantitative estimate of drug-likeness (QED) is 0.722. The molecule has 4 rings (SSSR count). The number of hydrogen-bond donors (Lipinski definition) is 0. The van der Waals surface area contributed by atoms with Crippen LogP contribution in [0.15, 0.2) is 0 Å². The first-order chi connectivity index (χ1) is 13.4. The van der Waals surface area contributed by atoms with Gasteiger partial charge in [-0.3, -0.25) is 9.59 Å². The van der Waals surface area contributed by atoms with Crippen LogP contribution in [0.1, 0.15) is 78.6 Å². The van der Waals surface area contributed by atoms with E-state index < -0.39 is 0 Å². The molecule has 3 saturated carbocycles. The van der Waals surface area contributed by atoms with E-state index in [0.29, 0.717) is 11.8 Å². The molecule has 3 atom stereocenters. The second-order valence-electron chi connectivity index (χ2n) is 10.8. The van der Waals surface area contributed by atoms with Crippen LogP contribution in [-0.2, 0) is 9.59 Å². The van der Waals surface area contributed by atoms with Gasteiger partial charge in [-0.15, -0.1) is 0 Å². The fraction of sp³-hybridized carbons (Fsp3) is 0.917. The largest absolute Gasteiger partial charge is 0.339 e. The summed E-state index contributed by atoms with van der Waals surface area (Å²) in [5.41, 5.74) is -0.0847. The lowest BCUT2D eigenvalue weighted by Gasteiger charge is -2.42. The predicted octanol–water partition coefficient (Wildman–Crippen LogP) is 4.34. The zero-order valence-electron chi connectivity index (χ0n) is 18.3. The van der Waals surface area contributed by atoms with Crippen molar-refractivity contribution in [3.05, 3.63) is 0 Å². The third-order valence-corrected chi connectivity index (χ3v) is 8.62. The van der Waals surface area contributed by atoms with E-state index in [4.69, 9.17) is 0 Å². The van der Waals surface area contributed by atoms with Gasteiger partial charge >= 0.3 is 0 Å².